The minimum Gasteiger partial charge on any atom is -0.496 e. The number of likely N-dealkylation sites (tertiary alicyclic amines) is 1. The number of hydrogen-bond donors (Lipinski definition) is 0. The van der Waals surface area contributed by atoms with Crippen LogP contribution in [0.2, 0.25) is 0 Å². The van der Waals surface area contributed by atoms with Crippen molar-refractivity contribution in [3.63, 3.8) is 0 Å². The van der Waals surface area contributed by atoms with Crippen LogP contribution >= 0.6 is 0 Å². The monoisotopic (exact) mass is 415 g/mol. The molecule has 0 bridgehead atoms. The van der Waals surface area contributed by atoms with Gasteiger partial charge in [0.15, 0.2) is 9.84 Å². The number of hydrogen-bond acceptors (Lipinski definition) is 5. The lowest BCUT2D eigenvalue weighted by Crippen LogP contribution is -2.48. The first-order chi connectivity index (χ1) is 13.8. The fourth-order valence-electron chi connectivity index (χ4n) is 4.41. The maximum absolute atomic E-state index is 13.0. The Labute approximate surface area is 171 Å². The molecule has 0 N–H and O–H groups in total. The van der Waals surface area contributed by atoms with Crippen LogP contribution in [-0.4, -0.2) is 52.3 Å². The fraction of sp³-hybridized carbons (Fsp3) is 0.409. The zero-order valence-electron chi connectivity index (χ0n) is 16.7. The van der Waals surface area contributed by atoms with Crippen LogP contribution in [0.5, 0.6) is 5.75 Å². The molecule has 1 amide bonds. The molecule has 2 aromatic rings. The van der Waals surface area contributed by atoms with E-state index in [2.05, 4.69) is 6.07 Å². The van der Waals surface area contributed by atoms with Crippen molar-refractivity contribution < 1.29 is 22.7 Å². The molecular formula is C22H25NO5S. The van der Waals surface area contributed by atoms with E-state index in [4.69, 9.17) is 9.47 Å². The average Bonchev–Trinajstić information content (AvgIpc) is 2.73. The number of piperidine rings is 1. The van der Waals surface area contributed by atoms with Crippen LogP contribution in [0.3, 0.4) is 0 Å². The summed E-state index contributed by atoms with van der Waals surface area (Å²) < 4.78 is 35.5. The van der Waals surface area contributed by atoms with Crippen LogP contribution in [0, 0.1) is 0 Å². The third kappa shape index (κ3) is 3.65. The lowest BCUT2D eigenvalue weighted by Gasteiger charge is -2.45. The van der Waals surface area contributed by atoms with E-state index in [1.54, 1.807) is 24.1 Å². The number of fused-ring (bicyclic) bond motifs is 2. The first-order valence-corrected chi connectivity index (χ1v) is 11.6. The van der Waals surface area contributed by atoms with Crippen LogP contribution in [-0.2, 0) is 26.6 Å². The van der Waals surface area contributed by atoms with Gasteiger partial charge in [0.1, 0.15) is 11.4 Å². The summed E-state index contributed by atoms with van der Waals surface area (Å²) in [5.41, 5.74) is 2.31. The van der Waals surface area contributed by atoms with Gasteiger partial charge in [-0.15, -0.1) is 0 Å². The van der Waals surface area contributed by atoms with Crippen molar-refractivity contribution in [2.24, 2.45) is 0 Å². The zero-order valence-corrected chi connectivity index (χ0v) is 17.5. The maximum Gasteiger partial charge on any atom is 0.253 e. The summed E-state index contributed by atoms with van der Waals surface area (Å²) in [5, 5.41) is 0. The third-order valence-electron chi connectivity index (χ3n) is 5.91. The van der Waals surface area contributed by atoms with Crippen LogP contribution < -0.4 is 4.74 Å². The molecule has 2 heterocycles. The second kappa shape index (κ2) is 7.46. The Morgan fingerprint density at radius 1 is 1.14 bits per heavy atom. The topological polar surface area (TPSA) is 72.9 Å². The van der Waals surface area contributed by atoms with Crippen molar-refractivity contribution in [3.8, 4) is 5.75 Å². The third-order valence-corrected chi connectivity index (χ3v) is 7.02. The summed E-state index contributed by atoms with van der Waals surface area (Å²) in [4.78, 5) is 14.9. The first kappa shape index (κ1) is 19.9. The maximum atomic E-state index is 13.0. The Kier molecular flexibility index (Phi) is 5.12. The summed E-state index contributed by atoms with van der Waals surface area (Å²) in [6.07, 6.45) is 3.36. The molecule has 1 spiro atoms. The first-order valence-electron chi connectivity index (χ1n) is 9.74. The largest absolute Gasteiger partial charge is 0.496 e. The van der Waals surface area contributed by atoms with Gasteiger partial charge in [0.2, 0.25) is 0 Å². The quantitative estimate of drug-likeness (QED) is 0.771. The van der Waals surface area contributed by atoms with Gasteiger partial charge < -0.3 is 14.4 Å². The minimum absolute atomic E-state index is 0.151. The molecule has 0 saturated carbocycles. The van der Waals surface area contributed by atoms with E-state index in [9.17, 15) is 13.2 Å². The van der Waals surface area contributed by atoms with Crippen LogP contribution in [0.25, 0.3) is 0 Å². The Balaban J connectivity index is 1.56. The van der Waals surface area contributed by atoms with E-state index in [0.29, 0.717) is 38.1 Å². The molecule has 4 rings (SSSR count). The standard InChI is InChI=1S/C22H25NO5S/c1-27-19-8-4-5-16-9-14-28-22(20(16)19)10-12-23(13-11-22)21(24)17-6-3-7-18(15-17)29(2,25)26/h3-8,15H,9-14H2,1-2H3. The van der Waals surface area contributed by atoms with Gasteiger partial charge in [-0.05, 0) is 49.1 Å². The van der Waals surface area contributed by atoms with Crippen LogP contribution in [0.15, 0.2) is 47.4 Å². The van der Waals surface area contributed by atoms with Crippen molar-refractivity contribution in [1.82, 2.24) is 4.90 Å². The van der Waals surface area contributed by atoms with Crippen LogP contribution in [0.1, 0.15) is 34.3 Å². The van der Waals surface area contributed by atoms with Gasteiger partial charge in [-0.1, -0.05) is 18.2 Å². The van der Waals surface area contributed by atoms with Crippen LogP contribution in [0.4, 0.5) is 0 Å². The molecule has 2 aromatic carbocycles. The molecule has 7 heteroatoms. The summed E-state index contributed by atoms with van der Waals surface area (Å²) in [7, 11) is -1.69. The molecule has 6 nitrogen and oxygen atoms in total. The number of carbonyl (C=O) groups is 1. The highest BCUT2D eigenvalue weighted by Crippen LogP contribution is 2.45. The minimum atomic E-state index is -3.36. The van der Waals surface area contributed by atoms with Crippen molar-refractivity contribution in [2.45, 2.75) is 29.8 Å². The van der Waals surface area contributed by atoms with Gasteiger partial charge in [-0.2, -0.15) is 0 Å². The number of amides is 1. The van der Waals surface area contributed by atoms with E-state index in [-0.39, 0.29) is 10.8 Å². The highest BCUT2D eigenvalue weighted by molar-refractivity contribution is 7.90. The van der Waals surface area contributed by atoms with Gasteiger partial charge in [0.25, 0.3) is 5.91 Å². The lowest BCUT2D eigenvalue weighted by atomic mass is 9.78. The summed E-state index contributed by atoms with van der Waals surface area (Å²) >= 11 is 0. The second-order valence-electron chi connectivity index (χ2n) is 7.68. The summed E-state index contributed by atoms with van der Waals surface area (Å²) in [6, 6.07) is 12.3. The Bertz CT molecular complexity index is 1020. The number of ether oxygens (including phenoxy) is 2. The second-order valence-corrected chi connectivity index (χ2v) is 9.70. The predicted octanol–water partition coefficient (Wildman–Crippen LogP) is 2.80. The van der Waals surface area contributed by atoms with E-state index in [1.807, 2.05) is 12.1 Å². The Morgan fingerprint density at radius 3 is 2.55 bits per heavy atom. The summed E-state index contributed by atoms with van der Waals surface area (Å²) in [6.45, 7) is 1.74. The normalized spacial score (nSPS) is 18.3. The molecule has 2 aliphatic heterocycles. The number of methoxy groups -OCH3 is 1. The molecular weight excluding hydrogens is 390 g/mol. The number of benzene rings is 2. The van der Waals surface area contributed by atoms with Crippen molar-refractivity contribution in [1.29, 1.82) is 0 Å². The fourth-order valence-corrected chi connectivity index (χ4v) is 5.08. The molecule has 0 atom stereocenters. The molecule has 1 fully saturated rings. The van der Waals surface area contributed by atoms with Crippen molar-refractivity contribution in [2.75, 3.05) is 33.1 Å². The van der Waals surface area contributed by atoms with Crippen molar-refractivity contribution >= 4 is 15.7 Å². The summed E-state index contributed by atoms with van der Waals surface area (Å²) in [5.74, 6) is 0.684. The molecule has 0 aromatic heterocycles. The molecule has 2 aliphatic rings. The Morgan fingerprint density at radius 2 is 1.86 bits per heavy atom. The van der Waals surface area contributed by atoms with Gasteiger partial charge >= 0.3 is 0 Å². The predicted molar refractivity (Wildman–Crippen MR) is 109 cm³/mol. The molecule has 0 unspecified atom stereocenters. The molecule has 0 radical (unpaired) electrons. The zero-order chi connectivity index (χ0) is 20.6. The van der Waals surface area contributed by atoms with E-state index in [0.717, 1.165) is 24.0 Å². The molecule has 0 aliphatic carbocycles. The molecule has 154 valence electrons. The van der Waals surface area contributed by atoms with Gasteiger partial charge in [0, 0.05) is 30.5 Å². The number of sulfone groups is 1. The van der Waals surface area contributed by atoms with Gasteiger partial charge in [-0.25, -0.2) is 8.42 Å². The smallest absolute Gasteiger partial charge is 0.253 e. The highest BCUT2D eigenvalue weighted by atomic mass is 32.2. The molecule has 29 heavy (non-hydrogen) atoms. The lowest BCUT2D eigenvalue weighted by molar-refractivity contribution is -0.0946. The number of rotatable bonds is 3. The van der Waals surface area contributed by atoms with E-state index < -0.39 is 15.4 Å². The Hall–Kier alpha value is -2.38. The van der Waals surface area contributed by atoms with E-state index >= 15 is 0 Å². The van der Waals surface area contributed by atoms with E-state index in [1.165, 1.54) is 17.7 Å². The number of nitrogens with zero attached hydrogens (tertiary/aromatic N) is 1. The van der Waals surface area contributed by atoms with Gasteiger partial charge in [0.05, 0.1) is 18.6 Å². The number of carbonyl (C=O) groups excluding carboxylic acids is 1. The SMILES string of the molecule is COc1cccc2c1C1(CCN(C(=O)c3cccc(S(C)(=O)=O)c3)CC1)OCC2. The van der Waals surface area contributed by atoms with Gasteiger partial charge in [-0.3, -0.25) is 4.79 Å². The highest BCUT2D eigenvalue weighted by Gasteiger charge is 2.43. The average molecular weight is 416 g/mol. The van der Waals surface area contributed by atoms with Crippen molar-refractivity contribution in [3.05, 3.63) is 59.2 Å². The molecule has 1 saturated heterocycles.